The molecule has 0 bridgehead atoms. The normalized spacial score (nSPS) is 11.6. The molecule has 56 heavy (non-hydrogen) atoms. The van der Waals surface area contributed by atoms with E-state index in [0.29, 0.717) is 17.5 Å². The van der Waals surface area contributed by atoms with Crippen molar-refractivity contribution in [2.75, 3.05) is 0 Å². The van der Waals surface area contributed by atoms with Crippen LogP contribution in [0.15, 0.2) is 199 Å². The van der Waals surface area contributed by atoms with E-state index in [2.05, 4.69) is 168 Å². The summed E-state index contributed by atoms with van der Waals surface area (Å²) >= 11 is 0. The van der Waals surface area contributed by atoms with Crippen LogP contribution in [0.2, 0.25) is 0 Å². The maximum absolute atomic E-state index is 6.87. The number of furan rings is 1. The van der Waals surface area contributed by atoms with Crippen molar-refractivity contribution >= 4 is 43.7 Å². The Kier molecular flexibility index (Phi) is 7.42. The first-order valence-electron chi connectivity index (χ1n) is 18.8. The molecule has 0 radical (unpaired) electrons. The van der Waals surface area contributed by atoms with Crippen LogP contribution < -0.4 is 0 Å². The van der Waals surface area contributed by atoms with E-state index in [1.54, 1.807) is 0 Å². The Morgan fingerprint density at radius 3 is 1.48 bits per heavy atom. The van der Waals surface area contributed by atoms with Crippen LogP contribution in [-0.2, 0) is 0 Å². The number of para-hydroxylation sites is 2. The van der Waals surface area contributed by atoms with Gasteiger partial charge in [0.2, 0.25) is 0 Å². The Balaban J connectivity index is 1.12. The number of aromatic nitrogens is 4. The first-order chi connectivity index (χ1) is 27.8. The summed E-state index contributed by atoms with van der Waals surface area (Å²) in [6.45, 7) is 0. The summed E-state index contributed by atoms with van der Waals surface area (Å²) in [4.78, 5) is 15.5. The van der Waals surface area contributed by atoms with Gasteiger partial charge in [0.05, 0.1) is 11.0 Å². The summed E-state index contributed by atoms with van der Waals surface area (Å²) < 4.78 is 9.18. The molecular weight excluding hydrogens is 685 g/mol. The molecule has 3 heterocycles. The van der Waals surface area contributed by atoms with Gasteiger partial charge in [-0.1, -0.05) is 164 Å². The van der Waals surface area contributed by atoms with Gasteiger partial charge in [-0.05, 0) is 52.6 Å². The molecule has 0 N–H and O–H groups in total. The van der Waals surface area contributed by atoms with Crippen LogP contribution in [0, 0.1) is 0 Å². The van der Waals surface area contributed by atoms with Gasteiger partial charge in [0.1, 0.15) is 5.58 Å². The van der Waals surface area contributed by atoms with Crippen LogP contribution in [0.4, 0.5) is 0 Å². The van der Waals surface area contributed by atoms with Crippen LogP contribution in [0.3, 0.4) is 0 Å². The van der Waals surface area contributed by atoms with E-state index >= 15 is 0 Å². The predicted octanol–water partition coefficient (Wildman–Crippen LogP) is 13.2. The fourth-order valence-corrected chi connectivity index (χ4v) is 8.00. The van der Waals surface area contributed by atoms with E-state index in [1.807, 2.05) is 30.3 Å². The second-order valence-corrected chi connectivity index (χ2v) is 14.0. The molecule has 11 aromatic rings. The first kappa shape index (κ1) is 31.9. The van der Waals surface area contributed by atoms with Gasteiger partial charge in [-0.15, -0.1) is 0 Å². The molecule has 0 unspecified atom stereocenters. The fourth-order valence-electron chi connectivity index (χ4n) is 8.00. The van der Waals surface area contributed by atoms with Crippen LogP contribution in [-0.4, -0.2) is 19.5 Å². The Bertz CT molecular complexity index is 3100. The van der Waals surface area contributed by atoms with Crippen molar-refractivity contribution in [2.45, 2.75) is 0 Å². The zero-order valence-corrected chi connectivity index (χ0v) is 30.2. The topological polar surface area (TPSA) is 56.7 Å². The zero-order chi connectivity index (χ0) is 37.0. The minimum Gasteiger partial charge on any atom is -0.454 e. The molecule has 8 aromatic carbocycles. The van der Waals surface area contributed by atoms with E-state index < -0.39 is 0 Å². The molecule has 262 valence electrons. The van der Waals surface area contributed by atoms with E-state index in [9.17, 15) is 0 Å². The Hall–Kier alpha value is -7.63. The second-order valence-electron chi connectivity index (χ2n) is 14.0. The van der Waals surface area contributed by atoms with Gasteiger partial charge >= 0.3 is 0 Å². The monoisotopic (exact) mass is 716 g/mol. The smallest absolute Gasteiger partial charge is 0.164 e. The van der Waals surface area contributed by atoms with Crippen molar-refractivity contribution in [1.82, 2.24) is 19.5 Å². The van der Waals surface area contributed by atoms with Crippen molar-refractivity contribution in [3.63, 3.8) is 0 Å². The molecule has 0 atom stereocenters. The minimum absolute atomic E-state index is 0.585. The third kappa shape index (κ3) is 5.29. The third-order valence-electron chi connectivity index (χ3n) is 10.7. The van der Waals surface area contributed by atoms with Gasteiger partial charge in [-0.25, -0.2) is 15.0 Å². The highest BCUT2D eigenvalue weighted by molar-refractivity contribution is 6.23. The Morgan fingerprint density at radius 2 is 0.857 bits per heavy atom. The van der Waals surface area contributed by atoms with Crippen LogP contribution >= 0.6 is 0 Å². The van der Waals surface area contributed by atoms with Crippen LogP contribution in [0.5, 0.6) is 0 Å². The van der Waals surface area contributed by atoms with E-state index in [-0.39, 0.29) is 0 Å². The molecular formula is C51H32N4O. The number of hydrogen-bond donors (Lipinski definition) is 0. The van der Waals surface area contributed by atoms with E-state index in [4.69, 9.17) is 19.4 Å². The molecule has 0 spiro atoms. The highest BCUT2D eigenvalue weighted by Gasteiger charge is 2.22. The molecule has 0 aliphatic heterocycles. The molecule has 0 aliphatic rings. The summed E-state index contributed by atoms with van der Waals surface area (Å²) in [7, 11) is 0. The van der Waals surface area contributed by atoms with Crippen molar-refractivity contribution < 1.29 is 4.42 Å². The predicted molar refractivity (Wildman–Crippen MR) is 229 cm³/mol. The van der Waals surface area contributed by atoms with Gasteiger partial charge in [0, 0.05) is 43.9 Å². The van der Waals surface area contributed by atoms with Crippen molar-refractivity contribution in [1.29, 1.82) is 0 Å². The summed E-state index contributed by atoms with van der Waals surface area (Å²) in [5, 5.41) is 4.29. The average molecular weight is 717 g/mol. The van der Waals surface area contributed by atoms with E-state index in [1.165, 1.54) is 5.39 Å². The average Bonchev–Trinajstić information content (AvgIpc) is 3.84. The lowest BCUT2D eigenvalue weighted by Gasteiger charge is -2.10. The maximum atomic E-state index is 6.87. The number of fused-ring (bicyclic) bond motifs is 7. The van der Waals surface area contributed by atoms with Crippen molar-refractivity contribution in [3.8, 4) is 62.1 Å². The van der Waals surface area contributed by atoms with Gasteiger partial charge in [-0.3, -0.25) is 0 Å². The van der Waals surface area contributed by atoms with E-state index in [0.717, 1.165) is 83.0 Å². The molecule has 0 saturated carbocycles. The lowest BCUT2D eigenvalue weighted by Crippen LogP contribution is -2.00. The van der Waals surface area contributed by atoms with Gasteiger partial charge in [-0.2, -0.15) is 0 Å². The molecule has 0 amide bonds. The summed E-state index contributed by atoms with van der Waals surface area (Å²) in [5.74, 6) is 1.79. The molecule has 3 aromatic heterocycles. The first-order valence-corrected chi connectivity index (χ1v) is 18.8. The molecule has 11 rings (SSSR count). The van der Waals surface area contributed by atoms with Crippen molar-refractivity contribution in [3.05, 3.63) is 194 Å². The number of hydrogen-bond acceptors (Lipinski definition) is 4. The van der Waals surface area contributed by atoms with Crippen molar-refractivity contribution in [2.24, 2.45) is 0 Å². The van der Waals surface area contributed by atoms with Gasteiger partial charge < -0.3 is 8.98 Å². The summed E-state index contributed by atoms with van der Waals surface area (Å²) in [6, 6.07) is 67.3. The third-order valence-corrected chi connectivity index (χ3v) is 10.7. The lowest BCUT2D eigenvalue weighted by molar-refractivity contribution is 0.671. The Labute approximate surface area is 322 Å². The van der Waals surface area contributed by atoms with Gasteiger partial charge in [0.15, 0.2) is 23.1 Å². The molecule has 0 aliphatic carbocycles. The standard InChI is InChI=1S/C51H32N4O/c1-4-13-33(14-5-1)35-23-27-37(28-24-35)49-52-50(38-29-25-36(26-30-38)34-15-6-2-7-16-34)54-51(53-49)43-20-12-22-45-46(43)42-32-31-41-40-19-10-11-21-44(40)55(47(41)48(42)56-45)39-17-8-3-9-18-39/h1-32H. The minimum atomic E-state index is 0.585. The fraction of sp³-hybridized carbons (Fsp3) is 0. The summed E-state index contributed by atoms with van der Waals surface area (Å²) in [5.41, 5.74) is 12.1. The van der Waals surface area contributed by atoms with Crippen LogP contribution in [0.25, 0.3) is 106 Å². The highest BCUT2D eigenvalue weighted by atomic mass is 16.3. The molecule has 0 fully saturated rings. The lowest BCUT2D eigenvalue weighted by atomic mass is 10.0. The molecule has 0 saturated heterocycles. The maximum Gasteiger partial charge on any atom is 0.164 e. The highest BCUT2D eigenvalue weighted by Crippen LogP contribution is 2.43. The zero-order valence-electron chi connectivity index (χ0n) is 30.2. The summed E-state index contributed by atoms with van der Waals surface area (Å²) in [6.07, 6.45) is 0. The second kappa shape index (κ2) is 13.0. The largest absolute Gasteiger partial charge is 0.454 e. The number of rotatable bonds is 6. The Morgan fingerprint density at radius 1 is 0.357 bits per heavy atom. The SMILES string of the molecule is c1ccc(-c2ccc(-c3nc(-c4ccc(-c5ccccc5)cc4)nc(-c4cccc5oc6c(ccc7c8ccccc8n(-c8ccccc8)c76)c45)n3)cc2)cc1. The number of benzene rings is 8. The van der Waals surface area contributed by atoms with Gasteiger partial charge in [0.25, 0.3) is 0 Å². The molecule has 5 nitrogen and oxygen atoms in total. The molecule has 5 heteroatoms. The number of nitrogens with zero attached hydrogens (tertiary/aromatic N) is 4. The van der Waals surface area contributed by atoms with Crippen LogP contribution in [0.1, 0.15) is 0 Å². The quantitative estimate of drug-likeness (QED) is 0.172.